The average molecular weight is 549 g/mol. The zero-order chi connectivity index (χ0) is 24.5. The van der Waals surface area contributed by atoms with Crippen LogP contribution in [0.15, 0.2) is 51.8 Å². The van der Waals surface area contributed by atoms with E-state index >= 15 is 0 Å². The van der Waals surface area contributed by atoms with Crippen molar-refractivity contribution in [2.24, 2.45) is 5.92 Å². The third kappa shape index (κ3) is 4.92. The summed E-state index contributed by atoms with van der Waals surface area (Å²) in [6.07, 6.45) is 2.32. The van der Waals surface area contributed by atoms with E-state index in [1.54, 1.807) is 24.0 Å². The highest BCUT2D eigenvalue weighted by atomic mass is 79.9. The maximum Gasteiger partial charge on any atom is 0.244 e. The zero-order valence-electron chi connectivity index (χ0n) is 19.5. The predicted octanol–water partition coefficient (Wildman–Crippen LogP) is 4.03. The number of halogens is 1. The Balaban J connectivity index is 1.53. The highest BCUT2D eigenvalue weighted by Crippen LogP contribution is 2.37. The molecule has 0 unspecified atom stereocenters. The first-order valence-corrected chi connectivity index (χ1v) is 13.9. The van der Waals surface area contributed by atoms with E-state index < -0.39 is 15.9 Å². The number of nitrogens with one attached hydrogen (secondary N) is 1. The van der Waals surface area contributed by atoms with Crippen LogP contribution < -0.4 is 10.2 Å². The first kappa shape index (κ1) is 24.9. The third-order valence-electron chi connectivity index (χ3n) is 6.66. The molecule has 2 aliphatic heterocycles. The number of rotatable bonds is 6. The second-order valence-corrected chi connectivity index (χ2v) is 11.7. The maximum absolute atomic E-state index is 13.6. The first-order valence-electron chi connectivity index (χ1n) is 11.7. The van der Waals surface area contributed by atoms with Crippen LogP contribution in [0.25, 0.3) is 0 Å². The van der Waals surface area contributed by atoms with Crippen LogP contribution in [0.4, 0.5) is 5.69 Å². The fourth-order valence-electron chi connectivity index (χ4n) is 4.71. The van der Waals surface area contributed by atoms with Crippen molar-refractivity contribution in [2.75, 3.05) is 24.5 Å². The highest BCUT2D eigenvalue weighted by Gasteiger charge is 2.36. The smallest absolute Gasteiger partial charge is 0.244 e. The molecule has 9 heteroatoms. The molecule has 182 valence electrons. The van der Waals surface area contributed by atoms with E-state index in [2.05, 4.69) is 21.2 Å². The van der Waals surface area contributed by atoms with Crippen LogP contribution in [0.1, 0.15) is 50.3 Å². The maximum atomic E-state index is 13.6. The Morgan fingerprint density at radius 1 is 1.18 bits per heavy atom. The van der Waals surface area contributed by atoms with Gasteiger partial charge in [-0.1, -0.05) is 37.3 Å². The van der Waals surface area contributed by atoms with Gasteiger partial charge in [-0.2, -0.15) is 4.31 Å². The Kier molecular flexibility index (Phi) is 7.45. The van der Waals surface area contributed by atoms with Gasteiger partial charge in [0.25, 0.3) is 0 Å². The number of carbonyl (C=O) groups excluding carboxylic acids is 2. The quantitative estimate of drug-likeness (QED) is 0.591. The normalized spacial score (nSPS) is 19.5. The van der Waals surface area contributed by atoms with Crippen LogP contribution in [0.2, 0.25) is 0 Å². The van der Waals surface area contributed by atoms with Crippen LogP contribution >= 0.6 is 15.9 Å². The fraction of sp³-hybridized carbons (Fsp3) is 0.440. The minimum atomic E-state index is -3.85. The summed E-state index contributed by atoms with van der Waals surface area (Å²) in [4.78, 5) is 27.1. The minimum Gasteiger partial charge on any atom is -0.349 e. The van der Waals surface area contributed by atoms with Crippen molar-refractivity contribution in [3.8, 4) is 0 Å². The molecule has 0 aliphatic carbocycles. The Labute approximate surface area is 209 Å². The van der Waals surface area contributed by atoms with Crippen molar-refractivity contribution in [1.29, 1.82) is 0 Å². The molecule has 2 aromatic rings. The number of piperidine rings is 1. The molecule has 0 saturated carbocycles. The van der Waals surface area contributed by atoms with E-state index in [0.717, 1.165) is 11.1 Å². The van der Waals surface area contributed by atoms with E-state index in [1.165, 1.54) is 4.31 Å². The summed E-state index contributed by atoms with van der Waals surface area (Å²) in [5.41, 5.74) is 2.62. The standard InChI is InChI=1S/C25H30BrN3O4S/c1-3-24(30)29-13-11-19-14-21(26)23(15-22(19)29)34(32,33)28-12-7-10-20(16-28)25(31)27-17(2)18-8-5-4-6-9-18/h4-6,8-9,14-15,17,20H,3,7,10-13,16H2,1-2H3,(H,27,31)/t17-,20-/m1/s1. The van der Waals surface area contributed by atoms with Gasteiger partial charge in [0.1, 0.15) is 0 Å². The van der Waals surface area contributed by atoms with Gasteiger partial charge in [0.05, 0.1) is 16.9 Å². The van der Waals surface area contributed by atoms with Crippen LogP contribution in [-0.4, -0.2) is 44.2 Å². The van der Waals surface area contributed by atoms with Gasteiger partial charge in [0.2, 0.25) is 21.8 Å². The van der Waals surface area contributed by atoms with Crippen molar-refractivity contribution in [3.05, 3.63) is 58.1 Å². The second kappa shape index (κ2) is 10.2. The molecule has 1 saturated heterocycles. The van der Waals surface area contributed by atoms with Gasteiger partial charge in [-0.3, -0.25) is 9.59 Å². The lowest BCUT2D eigenvalue weighted by atomic mass is 9.98. The lowest BCUT2D eigenvalue weighted by Gasteiger charge is -2.32. The Morgan fingerprint density at radius 3 is 2.62 bits per heavy atom. The summed E-state index contributed by atoms with van der Waals surface area (Å²) in [5, 5.41) is 3.03. The number of fused-ring (bicyclic) bond motifs is 1. The summed E-state index contributed by atoms with van der Waals surface area (Å²) < 4.78 is 29.1. The molecule has 1 N–H and O–H groups in total. The molecule has 4 rings (SSSR count). The Morgan fingerprint density at radius 2 is 1.91 bits per heavy atom. The van der Waals surface area contributed by atoms with Crippen molar-refractivity contribution < 1.29 is 18.0 Å². The number of amides is 2. The number of anilines is 1. The van der Waals surface area contributed by atoms with Gasteiger partial charge in [-0.05, 0) is 65.4 Å². The average Bonchev–Trinajstić information content (AvgIpc) is 3.26. The van der Waals surface area contributed by atoms with Crippen LogP contribution in [0.5, 0.6) is 0 Å². The van der Waals surface area contributed by atoms with E-state index in [1.807, 2.05) is 37.3 Å². The summed E-state index contributed by atoms with van der Waals surface area (Å²) in [5.74, 6) is -0.572. The topological polar surface area (TPSA) is 86.8 Å². The molecule has 1 fully saturated rings. The lowest BCUT2D eigenvalue weighted by Crippen LogP contribution is -2.45. The van der Waals surface area contributed by atoms with Crippen LogP contribution in [-0.2, 0) is 26.0 Å². The molecular weight excluding hydrogens is 518 g/mol. The molecule has 0 spiro atoms. The van der Waals surface area contributed by atoms with Gasteiger partial charge < -0.3 is 10.2 Å². The molecule has 34 heavy (non-hydrogen) atoms. The van der Waals surface area contributed by atoms with E-state index in [-0.39, 0.29) is 29.3 Å². The van der Waals surface area contributed by atoms with Gasteiger partial charge in [0.15, 0.2) is 0 Å². The van der Waals surface area contributed by atoms with Crippen LogP contribution in [0.3, 0.4) is 0 Å². The summed E-state index contributed by atoms with van der Waals surface area (Å²) in [7, 11) is -3.85. The number of sulfonamides is 1. The second-order valence-electron chi connectivity index (χ2n) is 8.90. The molecule has 2 aromatic carbocycles. The number of hydrogen-bond donors (Lipinski definition) is 1. The number of carbonyl (C=O) groups is 2. The molecule has 0 bridgehead atoms. The number of nitrogens with zero attached hydrogens (tertiary/aromatic N) is 2. The van der Waals surface area contributed by atoms with Crippen molar-refractivity contribution in [3.63, 3.8) is 0 Å². The van der Waals surface area contributed by atoms with E-state index in [0.29, 0.717) is 48.9 Å². The van der Waals surface area contributed by atoms with Gasteiger partial charge in [-0.15, -0.1) is 0 Å². The molecule has 2 aliphatic rings. The molecule has 7 nitrogen and oxygen atoms in total. The monoisotopic (exact) mass is 547 g/mol. The fourth-order valence-corrected chi connectivity index (χ4v) is 7.30. The minimum absolute atomic E-state index is 0.0216. The Bertz CT molecular complexity index is 1190. The molecule has 2 atom stereocenters. The van der Waals surface area contributed by atoms with Crippen molar-refractivity contribution in [1.82, 2.24) is 9.62 Å². The van der Waals surface area contributed by atoms with Crippen LogP contribution in [0, 0.1) is 5.92 Å². The van der Waals surface area contributed by atoms with Gasteiger partial charge in [0, 0.05) is 36.2 Å². The Hall–Kier alpha value is -2.23. The van der Waals surface area contributed by atoms with Crippen molar-refractivity contribution in [2.45, 2.75) is 50.5 Å². The number of benzene rings is 2. The molecule has 2 amide bonds. The van der Waals surface area contributed by atoms with Crippen molar-refractivity contribution >= 4 is 43.5 Å². The molecule has 0 radical (unpaired) electrons. The first-order chi connectivity index (χ1) is 16.2. The molecule has 0 aromatic heterocycles. The number of hydrogen-bond acceptors (Lipinski definition) is 4. The largest absolute Gasteiger partial charge is 0.349 e. The highest BCUT2D eigenvalue weighted by molar-refractivity contribution is 9.10. The summed E-state index contributed by atoms with van der Waals surface area (Å²) in [6, 6.07) is 13.0. The zero-order valence-corrected chi connectivity index (χ0v) is 21.9. The van der Waals surface area contributed by atoms with E-state index in [9.17, 15) is 18.0 Å². The lowest BCUT2D eigenvalue weighted by molar-refractivity contribution is -0.126. The van der Waals surface area contributed by atoms with Gasteiger partial charge in [-0.25, -0.2) is 8.42 Å². The third-order valence-corrected chi connectivity index (χ3v) is 9.49. The molecule has 2 heterocycles. The summed E-state index contributed by atoms with van der Waals surface area (Å²) in [6.45, 7) is 4.78. The SMILES string of the molecule is CCC(=O)N1CCc2cc(Br)c(S(=O)(=O)N3CCC[C@@H](C(=O)N[C@H](C)c4ccccc4)C3)cc21. The van der Waals surface area contributed by atoms with E-state index in [4.69, 9.17) is 0 Å². The van der Waals surface area contributed by atoms with Gasteiger partial charge >= 0.3 is 0 Å². The predicted molar refractivity (Wildman–Crippen MR) is 135 cm³/mol. The summed E-state index contributed by atoms with van der Waals surface area (Å²) >= 11 is 3.44. The molecular formula is C25H30BrN3O4S.